The molecule has 1 aromatic carbocycles. The van der Waals surface area contributed by atoms with Gasteiger partial charge in [0.2, 0.25) is 17.6 Å². The molecular formula is C28H34N8O5S. The van der Waals surface area contributed by atoms with E-state index in [-0.39, 0.29) is 5.91 Å². The summed E-state index contributed by atoms with van der Waals surface area (Å²) in [6.07, 6.45) is 5.09. The molecule has 0 aliphatic carbocycles. The quantitative estimate of drug-likeness (QED) is 0.280. The van der Waals surface area contributed by atoms with Gasteiger partial charge in [-0.15, -0.1) is 11.3 Å². The average Bonchev–Trinajstić information content (AvgIpc) is 3.77. The van der Waals surface area contributed by atoms with Crippen molar-refractivity contribution in [1.29, 1.82) is 0 Å². The van der Waals surface area contributed by atoms with Crippen molar-refractivity contribution in [2.24, 2.45) is 5.73 Å². The van der Waals surface area contributed by atoms with Crippen molar-refractivity contribution in [3.05, 3.63) is 35.6 Å². The van der Waals surface area contributed by atoms with Crippen LogP contribution in [0.5, 0.6) is 17.2 Å². The Bertz CT molecular complexity index is 1560. The Morgan fingerprint density at radius 3 is 2.55 bits per heavy atom. The molecule has 3 aromatic heterocycles. The van der Waals surface area contributed by atoms with Gasteiger partial charge in [-0.25, -0.2) is 9.97 Å². The number of primary amides is 1. The van der Waals surface area contributed by atoms with Crippen LogP contribution >= 0.6 is 11.3 Å². The third kappa shape index (κ3) is 5.52. The summed E-state index contributed by atoms with van der Waals surface area (Å²) in [6.45, 7) is 4.73. The molecule has 2 aliphatic heterocycles. The van der Waals surface area contributed by atoms with E-state index in [1.807, 2.05) is 27.8 Å². The molecule has 0 bridgehead atoms. The minimum atomic E-state index is -0.428. The van der Waals surface area contributed by atoms with Crippen LogP contribution in [0.3, 0.4) is 0 Å². The Morgan fingerprint density at radius 2 is 1.86 bits per heavy atom. The highest BCUT2D eigenvalue weighted by Gasteiger charge is 2.32. The maximum absolute atomic E-state index is 12.2. The number of carbonyl (C=O) groups excluding carboxylic acids is 1. The van der Waals surface area contributed by atoms with Gasteiger partial charge >= 0.3 is 0 Å². The number of morpholine rings is 1. The summed E-state index contributed by atoms with van der Waals surface area (Å²) in [7, 11) is 4.73. The number of methoxy groups -OCH3 is 3. The number of fused-ring (bicyclic) bond motifs is 1. The highest BCUT2D eigenvalue weighted by molar-refractivity contribution is 7.18. The number of rotatable bonds is 10. The van der Waals surface area contributed by atoms with Crippen LogP contribution in [0.4, 0.5) is 17.6 Å². The molecule has 2 fully saturated rings. The van der Waals surface area contributed by atoms with Crippen molar-refractivity contribution in [3.8, 4) is 22.9 Å². The Hall–Kier alpha value is -4.14. The minimum Gasteiger partial charge on any atom is -0.493 e. The summed E-state index contributed by atoms with van der Waals surface area (Å²) in [6, 6.07) is 5.40. The number of anilines is 3. The monoisotopic (exact) mass is 594 g/mol. The number of nitrogens with zero attached hydrogens (tertiary/aromatic N) is 6. The maximum Gasteiger partial charge on any atom is 0.240 e. The zero-order chi connectivity index (χ0) is 29.2. The molecule has 1 amide bonds. The number of aromatic nitrogens is 4. The Kier molecular flexibility index (Phi) is 8.00. The molecule has 2 saturated heterocycles. The standard InChI is InChI=1S/C28H34N8O5S/c1-38-21-11-17(12-22(39-2)24(21)40-3)35-15-23(30-16-35)31-26-19-13-18(14-34-7-9-41-10-8-34)42-27(19)33-28(32-26)36-6-4-5-20(36)25(29)37/h11-13,15-16,20H,4-10,14H2,1-3H3,(H2,29,37)(H,31,32,33)/t20-/m0/s1. The highest BCUT2D eigenvalue weighted by Crippen LogP contribution is 2.40. The van der Waals surface area contributed by atoms with Crippen LogP contribution in [0.1, 0.15) is 17.7 Å². The fourth-order valence-corrected chi connectivity index (χ4v) is 6.47. The van der Waals surface area contributed by atoms with Gasteiger partial charge in [-0.1, -0.05) is 0 Å². The van der Waals surface area contributed by atoms with Crippen LogP contribution in [-0.4, -0.2) is 90.5 Å². The first kappa shape index (κ1) is 28.0. The van der Waals surface area contributed by atoms with E-state index in [0.29, 0.717) is 47.8 Å². The molecule has 0 radical (unpaired) electrons. The smallest absolute Gasteiger partial charge is 0.240 e. The van der Waals surface area contributed by atoms with E-state index in [4.69, 9.17) is 34.6 Å². The lowest BCUT2D eigenvalue weighted by atomic mass is 10.2. The number of amides is 1. The zero-order valence-electron chi connectivity index (χ0n) is 23.8. The molecule has 5 heterocycles. The van der Waals surface area contributed by atoms with E-state index < -0.39 is 6.04 Å². The van der Waals surface area contributed by atoms with Gasteiger partial charge in [-0.3, -0.25) is 9.69 Å². The van der Waals surface area contributed by atoms with Gasteiger partial charge in [-0.2, -0.15) is 4.98 Å². The molecule has 42 heavy (non-hydrogen) atoms. The SMILES string of the molecule is COc1cc(-n2cnc(Nc3nc(N4CCC[C@H]4C(N)=O)nc4sc(CN5CCOCC5)cc34)c2)cc(OC)c1OC. The molecule has 0 saturated carbocycles. The third-order valence-corrected chi connectivity index (χ3v) is 8.54. The first-order valence-corrected chi connectivity index (χ1v) is 14.6. The first-order chi connectivity index (χ1) is 20.5. The number of hydrogen-bond donors (Lipinski definition) is 2. The van der Waals surface area contributed by atoms with Crippen molar-refractivity contribution in [2.75, 3.05) is 64.4 Å². The minimum absolute atomic E-state index is 0.367. The van der Waals surface area contributed by atoms with E-state index in [1.54, 1.807) is 39.0 Å². The first-order valence-electron chi connectivity index (χ1n) is 13.7. The van der Waals surface area contributed by atoms with Gasteiger partial charge in [0, 0.05) is 43.2 Å². The van der Waals surface area contributed by atoms with E-state index in [0.717, 1.165) is 55.2 Å². The van der Waals surface area contributed by atoms with E-state index in [2.05, 4.69) is 21.3 Å². The zero-order valence-corrected chi connectivity index (χ0v) is 24.6. The van der Waals surface area contributed by atoms with Crippen molar-refractivity contribution in [1.82, 2.24) is 24.4 Å². The van der Waals surface area contributed by atoms with Crippen LogP contribution in [-0.2, 0) is 16.1 Å². The molecule has 2 aliphatic rings. The number of ether oxygens (including phenoxy) is 4. The van der Waals surface area contributed by atoms with Crippen LogP contribution in [0.2, 0.25) is 0 Å². The van der Waals surface area contributed by atoms with Crippen LogP contribution in [0.25, 0.3) is 15.9 Å². The van der Waals surface area contributed by atoms with Crippen LogP contribution < -0.4 is 30.2 Å². The third-order valence-electron chi connectivity index (χ3n) is 7.53. The molecule has 0 spiro atoms. The normalized spacial score (nSPS) is 17.5. The van der Waals surface area contributed by atoms with Gasteiger partial charge in [0.1, 0.15) is 28.8 Å². The second kappa shape index (κ2) is 12.0. The summed E-state index contributed by atoms with van der Waals surface area (Å²) >= 11 is 1.63. The molecule has 6 rings (SSSR count). The Balaban J connectivity index is 1.35. The topological polar surface area (TPSA) is 142 Å². The van der Waals surface area contributed by atoms with Crippen molar-refractivity contribution in [2.45, 2.75) is 25.4 Å². The highest BCUT2D eigenvalue weighted by atomic mass is 32.1. The fraction of sp³-hybridized carbons (Fsp3) is 0.429. The molecule has 222 valence electrons. The van der Waals surface area contributed by atoms with Gasteiger partial charge in [0.25, 0.3) is 0 Å². The molecular weight excluding hydrogens is 560 g/mol. The van der Waals surface area contributed by atoms with Crippen molar-refractivity contribution in [3.63, 3.8) is 0 Å². The maximum atomic E-state index is 12.2. The van der Waals surface area contributed by atoms with E-state index in [1.165, 1.54) is 4.88 Å². The number of carbonyl (C=O) groups is 1. The second-order valence-corrected chi connectivity index (χ2v) is 11.2. The largest absolute Gasteiger partial charge is 0.493 e. The van der Waals surface area contributed by atoms with Crippen molar-refractivity contribution >= 4 is 45.0 Å². The van der Waals surface area contributed by atoms with Gasteiger partial charge in [0.05, 0.1) is 51.8 Å². The summed E-state index contributed by atoms with van der Waals surface area (Å²) in [4.78, 5) is 32.8. The van der Waals surface area contributed by atoms with Gasteiger partial charge in [-0.05, 0) is 18.9 Å². The Labute approximate surface area is 247 Å². The molecule has 1 atom stereocenters. The number of nitrogens with two attached hydrogens (primary N) is 1. The summed E-state index contributed by atoms with van der Waals surface area (Å²) in [5, 5.41) is 4.29. The molecule has 4 aromatic rings. The summed E-state index contributed by atoms with van der Waals surface area (Å²) in [5.41, 5.74) is 6.50. The lowest BCUT2D eigenvalue weighted by Gasteiger charge is -2.25. The van der Waals surface area contributed by atoms with Gasteiger partial charge in [0.15, 0.2) is 11.5 Å². The van der Waals surface area contributed by atoms with Crippen LogP contribution in [0, 0.1) is 0 Å². The second-order valence-electron chi connectivity index (χ2n) is 10.1. The lowest BCUT2D eigenvalue weighted by molar-refractivity contribution is -0.119. The molecule has 0 unspecified atom stereocenters. The number of nitrogens with one attached hydrogen (secondary N) is 1. The predicted octanol–water partition coefficient (Wildman–Crippen LogP) is 2.93. The number of thiophene rings is 1. The average molecular weight is 595 g/mol. The predicted molar refractivity (Wildman–Crippen MR) is 160 cm³/mol. The lowest BCUT2D eigenvalue weighted by Crippen LogP contribution is -2.41. The Morgan fingerprint density at radius 1 is 1.10 bits per heavy atom. The molecule has 3 N–H and O–H groups in total. The number of imidazole rings is 1. The van der Waals surface area contributed by atoms with Crippen molar-refractivity contribution < 1.29 is 23.7 Å². The number of benzene rings is 1. The number of hydrogen-bond acceptors (Lipinski definition) is 12. The van der Waals surface area contributed by atoms with E-state index in [9.17, 15) is 4.79 Å². The molecule has 13 nitrogen and oxygen atoms in total. The van der Waals surface area contributed by atoms with Crippen LogP contribution in [0.15, 0.2) is 30.7 Å². The summed E-state index contributed by atoms with van der Waals surface area (Å²) < 4.78 is 23.9. The fourth-order valence-electron chi connectivity index (χ4n) is 5.41. The van der Waals surface area contributed by atoms with Gasteiger partial charge < -0.3 is 39.5 Å². The summed E-state index contributed by atoms with van der Waals surface area (Å²) in [5.74, 6) is 2.91. The van der Waals surface area contributed by atoms with E-state index >= 15 is 0 Å². The molecule has 14 heteroatoms.